The number of hydrogen-bond acceptors (Lipinski definition) is 4. The summed E-state index contributed by atoms with van der Waals surface area (Å²) in [5.74, 6) is 0. The summed E-state index contributed by atoms with van der Waals surface area (Å²) >= 11 is 3.44. The number of likely N-dealkylation sites (tertiary alicyclic amines) is 1. The van der Waals surface area contributed by atoms with E-state index in [0.29, 0.717) is 12.1 Å². The number of aromatic nitrogens is 3. The molecule has 5 nitrogen and oxygen atoms in total. The smallest absolute Gasteiger partial charge is 0.151 e. The number of nitrogens with zero attached hydrogens (tertiary/aromatic N) is 4. The van der Waals surface area contributed by atoms with Crippen molar-refractivity contribution in [1.29, 1.82) is 0 Å². The van der Waals surface area contributed by atoms with Crippen molar-refractivity contribution in [1.82, 2.24) is 19.9 Å². The molecule has 1 atom stereocenters. The molecular formula is C12H19BrN4O. The third-order valence-electron chi connectivity index (χ3n) is 4.09. The average molecular weight is 315 g/mol. The fraction of sp³-hybridized carbons (Fsp3) is 0.833. The normalized spacial score (nSPS) is 26.9. The molecule has 2 aliphatic rings. The first kappa shape index (κ1) is 12.6. The number of rotatable bonds is 2. The molecule has 3 rings (SSSR count). The molecule has 18 heavy (non-hydrogen) atoms. The summed E-state index contributed by atoms with van der Waals surface area (Å²) in [6.07, 6.45) is 3.59. The van der Waals surface area contributed by atoms with E-state index in [9.17, 15) is 0 Å². The van der Waals surface area contributed by atoms with Crippen LogP contribution in [0.25, 0.3) is 0 Å². The summed E-state index contributed by atoms with van der Waals surface area (Å²) < 4.78 is 8.25. The van der Waals surface area contributed by atoms with Gasteiger partial charge in [-0.05, 0) is 48.7 Å². The van der Waals surface area contributed by atoms with Gasteiger partial charge in [0.25, 0.3) is 0 Å². The van der Waals surface area contributed by atoms with E-state index in [-0.39, 0.29) is 0 Å². The Kier molecular flexibility index (Phi) is 3.68. The van der Waals surface area contributed by atoms with Crippen molar-refractivity contribution in [2.45, 2.75) is 38.3 Å². The second-order valence-corrected chi connectivity index (χ2v) is 5.97. The van der Waals surface area contributed by atoms with Crippen molar-refractivity contribution in [3.8, 4) is 0 Å². The van der Waals surface area contributed by atoms with Crippen LogP contribution >= 0.6 is 15.9 Å². The van der Waals surface area contributed by atoms with E-state index in [1.54, 1.807) is 0 Å². The van der Waals surface area contributed by atoms with Gasteiger partial charge < -0.3 is 4.74 Å². The van der Waals surface area contributed by atoms with Crippen LogP contribution in [0.4, 0.5) is 0 Å². The lowest BCUT2D eigenvalue weighted by atomic mass is 10.1. The quantitative estimate of drug-likeness (QED) is 0.834. The van der Waals surface area contributed by atoms with Crippen LogP contribution in [0.15, 0.2) is 4.60 Å². The van der Waals surface area contributed by atoms with Crippen molar-refractivity contribution in [2.75, 3.05) is 26.3 Å². The zero-order valence-corrected chi connectivity index (χ0v) is 12.3. The van der Waals surface area contributed by atoms with Gasteiger partial charge in [0.2, 0.25) is 0 Å². The predicted molar refractivity (Wildman–Crippen MR) is 71.5 cm³/mol. The first-order valence-corrected chi connectivity index (χ1v) is 7.44. The first-order valence-electron chi connectivity index (χ1n) is 6.65. The number of hydrogen-bond donors (Lipinski definition) is 0. The van der Waals surface area contributed by atoms with Gasteiger partial charge in [-0.2, -0.15) is 0 Å². The second-order valence-electron chi connectivity index (χ2n) is 5.22. The Hall–Kier alpha value is -0.460. The van der Waals surface area contributed by atoms with Crippen LogP contribution in [0.5, 0.6) is 0 Å². The maximum absolute atomic E-state index is 5.29. The van der Waals surface area contributed by atoms with Crippen LogP contribution in [0, 0.1) is 6.92 Å². The van der Waals surface area contributed by atoms with Gasteiger partial charge in [-0.25, -0.2) is 4.68 Å². The van der Waals surface area contributed by atoms with E-state index in [4.69, 9.17) is 4.74 Å². The molecule has 2 fully saturated rings. The fourth-order valence-corrected chi connectivity index (χ4v) is 3.07. The number of halogens is 1. The molecule has 0 saturated carbocycles. The second kappa shape index (κ2) is 5.27. The lowest BCUT2D eigenvalue weighted by Gasteiger charge is -2.36. The molecule has 0 N–H and O–H groups in total. The van der Waals surface area contributed by atoms with E-state index >= 15 is 0 Å². The van der Waals surface area contributed by atoms with Crippen LogP contribution in [0.2, 0.25) is 0 Å². The molecule has 2 saturated heterocycles. The van der Waals surface area contributed by atoms with Crippen LogP contribution in [-0.2, 0) is 4.74 Å². The molecule has 0 aromatic carbocycles. The molecule has 0 aliphatic carbocycles. The summed E-state index contributed by atoms with van der Waals surface area (Å²) in [6.45, 7) is 6.25. The largest absolute Gasteiger partial charge is 0.378 e. The molecule has 0 bridgehead atoms. The summed E-state index contributed by atoms with van der Waals surface area (Å²) in [7, 11) is 0. The first-order chi connectivity index (χ1) is 8.75. The molecule has 6 heteroatoms. The van der Waals surface area contributed by atoms with E-state index < -0.39 is 0 Å². The Bertz CT molecular complexity index is 418. The third kappa shape index (κ3) is 2.33. The summed E-state index contributed by atoms with van der Waals surface area (Å²) in [5, 5.41) is 8.36. The van der Waals surface area contributed by atoms with Gasteiger partial charge in [0.15, 0.2) is 4.60 Å². The third-order valence-corrected chi connectivity index (χ3v) is 4.82. The summed E-state index contributed by atoms with van der Waals surface area (Å²) in [4.78, 5) is 2.57. The standard InChI is InChI=1S/C12H19BrN4O/c1-9-12(13)14-15-17(9)10-3-2-5-16(6-4-10)11-7-18-8-11/h10-11H,2-8H2,1H3. The summed E-state index contributed by atoms with van der Waals surface area (Å²) in [6, 6.07) is 1.15. The molecule has 0 spiro atoms. The average Bonchev–Trinajstić information content (AvgIpc) is 2.53. The van der Waals surface area contributed by atoms with Crippen LogP contribution < -0.4 is 0 Å². The van der Waals surface area contributed by atoms with Crippen LogP contribution in [0.1, 0.15) is 31.0 Å². The van der Waals surface area contributed by atoms with Crippen molar-refractivity contribution in [2.24, 2.45) is 0 Å². The molecule has 3 heterocycles. The Labute approximate surface area is 116 Å². The van der Waals surface area contributed by atoms with Gasteiger partial charge in [-0.15, -0.1) is 5.10 Å². The molecule has 1 aromatic heterocycles. The lowest BCUT2D eigenvalue weighted by molar-refractivity contribution is -0.0639. The minimum Gasteiger partial charge on any atom is -0.378 e. The maximum Gasteiger partial charge on any atom is 0.151 e. The van der Waals surface area contributed by atoms with Crippen LogP contribution in [-0.4, -0.2) is 52.2 Å². The fourth-order valence-electron chi connectivity index (χ4n) is 2.81. The minimum atomic E-state index is 0.495. The van der Waals surface area contributed by atoms with Crippen LogP contribution in [0.3, 0.4) is 0 Å². The van der Waals surface area contributed by atoms with Gasteiger partial charge in [-0.3, -0.25) is 4.90 Å². The number of ether oxygens (including phenoxy) is 1. The topological polar surface area (TPSA) is 43.2 Å². The van der Waals surface area contributed by atoms with Crippen molar-refractivity contribution in [3.63, 3.8) is 0 Å². The monoisotopic (exact) mass is 314 g/mol. The predicted octanol–water partition coefficient (Wildman–Crippen LogP) is 1.77. The molecule has 1 aromatic rings. The van der Waals surface area contributed by atoms with Gasteiger partial charge in [0.1, 0.15) is 0 Å². The zero-order chi connectivity index (χ0) is 12.5. The Balaban J connectivity index is 1.66. The molecule has 100 valence electrons. The molecule has 0 amide bonds. The highest BCUT2D eigenvalue weighted by molar-refractivity contribution is 9.10. The van der Waals surface area contributed by atoms with Gasteiger partial charge in [0, 0.05) is 6.54 Å². The highest BCUT2D eigenvalue weighted by atomic mass is 79.9. The minimum absolute atomic E-state index is 0.495. The van der Waals surface area contributed by atoms with Gasteiger partial charge in [-0.1, -0.05) is 5.21 Å². The van der Waals surface area contributed by atoms with E-state index in [1.165, 1.54) is 19.4 Å². The van der Waals surface area contributed by atoms with E-state index in [1.807, 2.05) is 0 Å². The SMILES string of the molecule is Cc1c(Br)nnn1C1CCCN(C2COC2)CC1. The Morgan fingerprint density at radius 1 is 1.22 bits per heavy atom. The van der Waals surface area contributed by atoms with Crippen molar-refractivity contribution in [3.05, 3.63) is 10.3 Å². The Morgan fingerprint density at radius 3 is 2.67 bits per heavy atom. The van der Waals surface area contributed by atoms with Crippen molar-refractivity contribution < 1.29 is 4.74 Å². The maximum atomic E-state index is 5.29. The zero-order valence-electron chi connectivity index (χ0n) is 10.7. The lowest BCUT2D eigenvalue weighted by Crippen LogP contribution is -2.49. The molecule has 0 radical (unpaired) electrons. The Morgan fingerprint density at radius 2 is 2.06 bits per heavy atom. The molecular weight excluding hydrogens is 296 g/mol. The molecule has 1 unspecified atom stereocenters. The van der Waals surface area contributed by atoms with Crippen molar-refractivity contribution >= 4 is 15.9 Å². The summed E-state index contributed by atoms with van der Waals surface area (Å²) in [5.41, 5.74) is 1.14. The van der Waals surface area contributed by atoms with Gasteiger partial charge >= 0.3 is 0 Å². The van der Waals surface area contributed by atoms with E-state index in [0.717, 1.165) is 36.5 Å². The highest BCUT2D eigenvalue weighted by Crippen LogP contribution is 2.26. The van der Waals surface area contributed by atoms with Gasteiger partial charge in [0.05, 0.1) is 31.0 Å². The van der Waals surface area contributed by atoms with E-state index in [2.05, 4.69) is 42.7 Å². The highest BCUT2D eigenvalue weighted by Gasteiger charge is 2.29. The molecule has 2 aliphatic heterocycles.